The van der Waals surface area contributed by atoms with E-state index in [4.69, 9.17) is 0 Å². The monoisotopic (exact) mass is 254 g/mol. The molecular weight excluding hydrogens is 236 g/mol. The Morgan fingerprint density at radius 1 is 1.21 bits per heavy atom. The van der Waals surface area contributed by atoms with Gasteiger partial charge < -0.3 is 5.32 Å². The molecule has 1 N–H and O–H groups in total. The Morgan fingerprint density at radius 3 is 2.53 bits per heavy atom. The fraction of sp³-hybridized carbons (Fsp3) is 0.250. The Hall–Kier alpha value is -2.16. The molecule has 0 bridgehead atoms. The maximum absolute atomic E-state index is 11.7. The summed E-state index contributed by atoms with van der Waals surface area (Å²) in [5.74, 6) is 0.0229. The van der Waals surface area contributed by atoms with E-state index in [1.807, 2.05) is 31.2 Å². The number of benzene rings is 1. The summed E-state index contributed by atoms with van der Waals surface area (Å²) in [6.07, 6.45) is 0. The summed E-state index contributed by atoms with van der Waals surface area (Å²) >= 11 is 0. The minimum atomic E-state index is -0.148. The van der Waals surface area contributed by atoms with E-state index in [0.29, 0.717) is 5.69 Å². The van der Waals surface area contributed by atoms with Crippen molar-refractivity contribution < 1.29 is 4.79 Å². The Balaban J connectivity index is 2.40. The molecular formula is C16H18N2O. The molecule has 1 aromatic carbocycles. The van der Waals surface area contributed by atoms with Crippen LogP contribution in [0.1, 0.15) is 40.2 Å². The second-order valence-electron chi connectivity index (χ2n) is 4.67. The molecule has 1 aromatic heterocycles. The number of amides is 1. The van der Waals surface area contributed by atoms with Crippen molar-refractivity contribution in [2.75, 3.05) is 7.05 Å². The first-order valence-electron chi connectivity index (χ1n) is 6.37. The Labute approximate surface area is 113 Å². The Kier molecular flexibility index (Phi) is 3.95. The number of carbonyl (C=O) groups is 1. The maximum atomic E-state index is 11.7. The van der Waals surface area contributed by atoms with Crippen molar-refractivity contribution in [3.8, 4) is 0 Å². The predicted molar refractivity (Wildman–Crippen MR) is 76.3 cm³/mol. The standard InChI is InChI=1S/C16H18N2O/c1-11-9-14(18-15(10-11)16(19)17-3)12(2)13-7-5-4-6-8-13/h4-10,12H,1-3H3,(H,17,19). The zero-order chi connectivity index (χ0) is 13.8. The zero-order valence-corrected chi connectivity index (χ0v) is 11.5. The lowest BCUT2D eigenvalue weighted by Crippen LogP contribution is -2.20. The summed E-state index contributed by atoms with van der Waals surface area (Å²) in [6, 6.07) is 14.0. The van der Waals surface area contributed by atoms with Gasteiger partial charge in [-0.15, -0.1) is 0 Å². The highest BCUT2D eigenvalue weighted by atomic mass is 16.1. The molecule has 3 heteroatoms. The van der Waals surface area contributed by atoms with Crippen LogP contribution in [0.15, 0.2) is 42.5 Å². The normalized spacial score (nSPS) is 11.9. The number of aryl methyl sites for hydroxylation is 1. The zero-order valence-electron chi connectivity index (χ0n) is 11.5. The number of rotatable bonds is 3. The number of aromatic nitrogens is 1. The van der Waals surface area contributed by atoms with E-state index in [0.717, 1.165) is 11.3 Å². The van der Waals surface area contributed by atoms with E-state index in [2.05, 4.69) is 29.4 Å². The summed E-state index contributed by atoms with van der Waals surface area (Å²) in [4.78, 5) is 16.2. The average Bonchev–Trinajstić information content (AvgIpc) is 2.45. The van der Waals surface area contributed by atoms with Crippen LogP contribution in [0.25, 0.3) is 0 Å². The van der Waals surface area contributed by atoms with Crippen LogP contribution in [-0.4, -0.2) is 17.9 Å². The van der Waals surface area contributed by atoms with Crippen LogP contribution in [0.2, 0.25) is 0 Å². The molecule has 0 aliphatic rings. The van der Waals surface area contributed by atoms with Gasteiger partial charge in [0.25, 0.3) is 5.91 Å². The number of pyridine rings is 1. The fourth-order valence-corrected chi connectivity index (χ4v) is 2.07. The smallest absolute Gasteiger partial charge is 0.269 e. The third-order valence-corrected chi connectivity index (χ3v) is 3.19. The van der Waals surface area contributed by atoms with Crippen molar-refractivity contribution in [1.82, 2.24) is 10.3 Å². The van der Waals surface area contributed by atoms with Gasteiger partial charge in [0.1, 0.15) is 5.69 Å². The Bertz CT molecular complexity index is 579. The third-order valence-electron chi connectivity index (χ3n) is 3.19. The van der Waals surface area contributed by atoms with Gasteiger partial charge >= 0.3 is 0 Å². The van der Waals surface area contributed by atoms with Crippen LogP contribution < -0.4 is 5.32 Å². The first kappa shape index (κ1) is 13.3. The number of hydrogen-bond donors (Lipinski definition) is 1. The molecule has 19 heavy (non-hydrogen) atoms. The lowest BCUT2D eigenvalue weighted by atomic mass is 9.96. The molecule has 1 heterocycles. The van der Waals surface area contributed by atoms with Crippen LogP contribution in [0, 0.1) is 6.92 Å². The molecule has 98 valence electrons. The van der Waals surface area contributed by atoms with Gasteiger partial charge in [0, 0.05) is 18.7 Å². The summed E-state index contributed by atoms with van der Waals surface area (Å²) in [5.41, 5.74) is 3.64. The van der Waals surface area contributed by atoms with Gasteiger partial charge in [-0.2, -0.15) is 0 Å². The molecule has 2 rings (SSSR count). The van der Waals surface area contributed by atoms with Crippen molar-refractivity contribution >= 4 is 5.91 Å². The van der Waals surface area contributed by atoms with Gasteiger partial charge in [-0.3, -0.25) is 4.79 Å². The third kappa shape index (κ3) is 2.99. The van der Waals surface area contributed by atoms with Gasteiger partial charge in [0.15, 0.2) is 0 Å². The summed E-state index contributed by atoms with van der Waals surface area (Å²) in [7, 11) is 1.62. The van der Waals surface area contributed by atoms with Gasteiger partial charge in [-0.05, 0) is 30.2 Å². The molecule has 0 saturated carbocycles. The van der Waals surface area contributed by atoms with E-state index in [-0.39, 0.29) is 11.8 Å². The highest BCUT2D eigenvalue weighted by molar-refractivity contribution is 5.92. The summed E-state index contributed by atoms with van der Waals surface area (Å²) in [5, 5.41) is 2.61. The van der Waals surface area contributed by atoms with Crippen LogP contribution in [0.5, 0.6) is 0 Å². The van der Waals surface area contributed by atoms with Gasteiger partial charge in [-0.25, -0.2) is 4.98 Å². The second-order valence-corrected chi connectivity index (χ2v) is 4.67. The molecule has 3 nitrogen and oxygen atoms in total. The SMILES string of the molecule is CNC(=O)c1cc(C)cc(C(C)c2ccccc2)n1. The number of carbonyl (C=O) groups excluding carboxylic acids is 1. The molecule has 1 unspecified atom stereocenters. The van der Waals surface area contributed by atoms with E-state index < -0.39 is 0 Å². The number of nitrogens with one attached hydrogen (secondary N) is 1. The minimum absolute atomic E-state index is 0.148. The molecule has 1 amide bonds. The number of nitrogens with zero attached hydrogens (tertiary/aromatic N) is 1. The van der Waals surface area contributed by atoms with E-state index >= 15 is 0 Å². The van der Waals surface area contributed by atoms with Crippen LogP contribution >= 0.6 is 0 Å². The molecule has 0 aliphatic heterocycles. The maximum Gasteiger partial charge on any atom is 0.269 e. The highest BCUT2D eigenvalue weighted by Crippen LogP contribution is 2.23. The quantitative estimate of drug-likeness (QED) is 0.915. The minimum Gasteiger partial charge on any atom is -0.354 e. The second kappa shape index (κ2) is 5.65. The molecule has 2 aromatic rings. The van der Waals surface area contributed by atoms with Gasteiger partial charge in [0.05, 0.1) is 0 Å². The topological polar surface area (TPSA) is 42.0 Å². The lowest BCUT2D eigenvalue weighted by molar-refractivity contribution is 0.0958. The van der Waals surface area contributed by atoms with Crippen molar-refractivity contribution in [3.05, 3.63) is 65.0 Å². The van der Waals surface area contributed by atoms with Gasteiger partial charge in [0.2, 0.25) is 0 Å². The Morgan fingerprint density at radius 2 is 1.89 bits per heavy atom. The summed E-state index contributed by atoms with van der Waals surface area (Å²) < 4.78 is 0. The van der Waals surface area contributed by atoms with Gasteiger partial charge in [-0.1, -0.05) is 37.3 Å². The molecule has 0 radical (unpaired) electrons. The van der Waals surface area contributed by atoms with E-state index in [9.17, 15) is 4.79 Å². The van der Waals surface area contributed by atoms with Crippen LogP contribution in [0.3, 0.4) is 0 Å². The van der Waals surface area contributed by atoms with E-state index in [1.165, 1.54) is 5.56 Å². The first-order chi connectivity index (χ1) is 9.11. The van der Waals surface area contributed by atoms with Crippen LogP contribution in [0.4, 0.5) is 0 Å². The molecule has 0 spiro atoms. The first-order valence-corrected chi connectivity index (χ1v) is 6.37. The molecule has 0 saturated heterocycles. The van der Waals surface area contributed by atoms with Crippen molar-refractivity contribution in [1.29, 1.82) is 0 Å². The highest BCUT2D eigenvalue weighted by Gasteiger charge is 2.13. The predicted octanol–water partition coefficient (Wildman–Crippen LogP) is 2.90. The molecule has 0 fully saturated rings. The number of hydrogen-bond acceptors (Lipinski definition) is 2. The van der Waals surface area contributed by atoms with Crippen LogP contribution in [-0.2, 0) is 0 Å². The van der Waals surface area contributed by atoms with E-state index in [1.54, 1.807) is 13.1 Å². The molecule has 0 aliphatic carbocycles. The van der Waals surface area contributed by atoms with Crippen molar-refractivity contribution in [2.45, 2.75) is 19.8 Å². The fourth-order valence-electron chi connectivity index (χ4n) is 2.07. The summed E-state index contributed by atoms with van der Waals surface area (Å²) in [6.45, 7) is 4.08. The lowest BCUT2D eigenvalue weighted by Gasteiger charge is -2.13. The van der Waals surface area contributed by atoms with Crippen molar-refractivity contribution in [2.24, 2.45) is 0 Å². The molecule has 1 atom stereocenters. The van der Waals surface area contributed by atoms with Crippen molar-refractivity contribution in [3.63, 3.8) is 0 Å². The largest absolute Gasteiger partial charge is 0.354 e. The average molecular weight is 254 g/mol.